The number of ether oxygens (including phenoxy) is 1. The van der Waals surface area contributed by atoms with E-state index in [1.807, 2.05) is 23.1 Å². The molecule has 0 radical (unpaired) electrons. The van der Waals surface area contributed by atoms with Crippen LogP contribution in [0.1, 0.15) is 18.5 Å². The zero-order valence-corrected chi connectivity index (χ0v) is 16.3. The first-order chi connectivity index (χ1) is 13.1. The van der Waals surface area contributed by atoms with E-state index < -0.39 is 5.54 Å². The molecule has 2 aliphatic rings. The smallest absolute Gasteiger partial charge is 0.242 e. The lowest BCUT2D eigenvalue weighted by molar-refractivity contribution is -0.142. The molecule has 4 rings (SSSR count). The Kier molecular flexibility index (Phi) is 5.54. The largest absolute Gasteiger partial charge is 0.381 e. The molecule has 2 aliphatic heterocycles. The van der Waals surface area contributed by atoms with Gasteiger partial charge in [0, 0.05) is 56.9 Å². The second-order valence-corrected chi connectivity index (χ2v) is 8.20. The molecule has 3 heterocycles. The number of amides is 1. The van der Waals surface area contributed by atoms with Gasteiger partial charge in [-0.15, -0.1) is 11.3 Å². The van der Waals surface area contributed by atoms with Crippen molar-refractivity contribution in [1.29, 1.82) is 0 Å². The van der Waals surface area contributed by atoms with Crippen LogP contribution in [0.15, 0.2) is 35.7 Å². The summed E-state index contributed by atoms with van der Waals surface area (Å²) in [4.78, 5) is 21.9. The first kappa shape index (κ1) is 18.6. The van der Waals surface area contributed by atoms with E-state index in [4.69, 9.17) is 15.5 Å². The van der Waals surface area contributed by atoms with Crippen LogP contribution < -0.4 is 5.73 Å². The summed E-state index contributed by atoms with van der Waals surface area (Å²) in [6.07, 6.45) is 1.24. The summed E-state index contributed by atoms with van der Waals surface area (Å²) in [5.41, 5.74) is 7.88. The van der Waals surface area contributed by atoms with Gasteiger partial charge in [0.15, 0.2) is 0 Å². The topological polar surface area (TPSA) is 71.7 Å². The molecule has 2 N–H and O–H groups in total. The van der Waals surface area contributed by atoms with Crippen LogP contribution in [-0.4, -0.2) is 65.6 Å². The van der Waals surface area contributed by atoms with E-state index in [-0.39, 0.29) is 5.91 Å². The fraction of sp³-hybridized carbons (Fsp3) is 0.500. The van der Waals surface area contributed by atoms with Crippen LogP contribution in [0, 0.1) is 0 Å². The molecule has 2 saturated heterocycles. The zero-order chi connectivity index (χ0) is 18.7. The van der Waals surface area contributed by atoms with E-state index in [2.05, 4.69) is 22.4 Å². The molecule has 6 nitrogen and oxygen atoms in total. The van der Waals surface area contributed by atoms with Gasteiger partial charge in [0.1, 0.15) is 5.01 Å². The van der Waals surface area contributed by atoms with Gasteiger partial charge in [-0.25, -0.2) is 4.98 Å². The van der Waals surface area contributed by atoms with E-state index in [9.17, 15) is 4.79 Å². The molecule has 1 aromatic carbocycles. The SMILES string of the molecule is NC1(C(=O)N2CCN(Cc3csc(-c4ccccc4)n3)CC2)CCOCC1. The van der Waals surface area contributed by atoms with Gasteiger partial charge in [-0.1, -0.05) is 30.3 Å². The number of thiazole rings is 1. The Morgan fingerprint density at radius 3 is 2.56 bits per heavy atom. The fourth-order valence-corrected chi connectivity index (χ4v) is 4.51. The summed E-state index contributed by atoms with van der Waals surface area (Å²) in [5.74, 6) is 0.0884. The Hall–Kier alpha value is -1.80. The molecule has 2 aromatic rings. The Morgan fingerprint density at radius 2 is 1.85 bits per heavy atom. The molecule has 2 fully saturated rings. The van der Waals surface area contributed by atoms with Gasteiger partial charge in [-0.2, -0.15) is 0 Å². The molecule has 1 amide bonds. The van der Waals surface area contributed by atoms with Gasteiger partial charge in [0.25, 0.3) is 0 Å². The molecular weight excluding hydrogens is 360 g/mol. The van der Waals surface area contributed by atoms with E-state index in [0.29, 0.717) is 26.1 Å². The number of piperazine rings is 1. The van der Waals surface area contributed by atoms with Gasteiger partial charge >= 0.3 is 0 Å². The van der Waals surface area contributed by atoms with Crippen molar-refractivity contribution in [2.24, 2.45) is 5.73 Å². The van der Waals surface area contributed by atoms with Crippen LogP contribution in [0.4, 0.5) is 0 Å². The molecule has 1 aromatic heterocycles. The van der Waals surface area contributed by atoms with Crippen molar-refractivity contribution >= 4 is 17.2 Å². The number of hydrogen-bond donors (Lipinski definition) is 1. The van der Waals surface area contributed by atoms with Crippen molar-refractivity contribution in [3.05, 3.63) is 41.4 Å². The molecule has 0 bridgehead atoms. The summed E-state index contributed by atoms with van der Waals surface area (Å²) in [5, 5.41) is 3.19. The zero-order valence-electron chi connectivity index (χ0n) is 15.5. The van der Waals surface area contributed by atoms with Crippen LogP contribution >= 0.6 is 11.3 Å². The molecule has 0 atom stereocenters. The minimum Gasteiger partial charge on any atom is -0.381 e. The van der Waals surface area contributed by atoms with Gasteiger partial charge in [0.2, 0.25) is 5.91 Å². The average molecular weight is 387 g/mol. The fourth-order valence-electron chi connectivity index (χ4n) is 3.70. The number of carbonyl (C=O) groups excluding carboxylic acids is 1. The summed E-state index contributed by atoms with van der Waals surface area (Å²) in [7, 11) is 0. The van der Waals surface area contributed by atoms with Crippen LogP contribution in [0.5, 0.6) is 0 Å². The summed E-state index contributed by atoms with van der Waals surface area (Å²) < 4.78 is 5.35. The Morgan fingerprint density at radius 1 is 1.15 bits per heavy atom. The maximum Gasteiger partial charge on any atom is 0.242 e. The predicted molar refractivity (Wildman–Crippen MR) is 106 cm³/mol. The minimum atomic E-state index is -0.736. The Bertz CT molecular complexity index is 765. The third-order valence-electron chi connectivity index (χ3n) is 5.43. The van der Waals surface area contributed by atoms with Crippen molar-refractivity contribution < 1.29 is 9.53 Å². The van der Waals surface area contributed by atoms with Gasteiger partial charge in [-0.05, 0) is 12.8 Å². The summed E-state index contributed by atoms with van der Waals surface area (Å²) in [6, 6.07) is 10.3. The number of rotatable bonds is 4. The Balaban J connectivity index is 1.31. The first-order valence-corrected chi connectivity index (χ1v) is 10.4. The van der Waals surface area contributed by atoms with Crippen LogP contribution in [-0.2, 0) is 16.1 Å². The number of hydrogen-bond acceptors (Lipinski definition) is 6. The maximum absolute atomic E-state index is 12.8. The lowest BCUT2D eigenvalue weighted by atomic mass is 9.89. The highest BCUT2D eigenvalue weighted by molar-refractivity contribution is 7.13. The number of aromatic nitrogens is 1. The molecule has 144 valence electrons. The highest BCUT2D eigenvalue weighted by Gasteiger charge is 2.39. The van der Waals surface area contributed by atoms with Crippen molar-refractivity contribution in [1.82, 2.24) is 14.8 Å². The van der Waals surface area contributed by atoms with Crippen molar-refractivity contribution in [2.45, 2.75) is 24.9 Å². The molecule has 0 spiro atoms. The van der Waals surface area contributed by atoms with Gasteiger partial charge < -0.3 is 15.4 Å². The van der Waals surface area contributed by atoms with E-state index in [0.717, 1.165) is 49.0 Å². The second kappa shape index (κ2) is 8.06. The third-order valence-corrected chi connectivity index (χ3v) is 6.37. The van der Waals surface area contributed by atoms with E-state index >= 15 is 0 Å². The normalized spacial score (nSPS) is 20.6. The second-order valence-electron chi connectivity index (χ2n) is 7.35. The van der Waals surface area contributed by atoms with Crippen LogP contribution in [0.2, 0.25) is 0 Å². The molecule has 0 unspecified atom stereocenters. The van der Waals surface area contributed by atoms with E-state index in [1.165, 1.54) is 0 Å². The number of nitrogens with two attached hydrogens (primary N) is 1. The van der Waals surface area contributed by atoms with Crippen LogP contribution in [0.3, 0.4) is 0 Å². The average Bonchev–Trinajstić information content (AvgIpc) is 3.18. The molecule has 27 heavy (non-hydrogen) atoms. The van der Waals surface area contributed by atoms with Crippen molar-refractivity contribution in [3.63, 3.8) is 0 Å². The lowest BCUT2D eigenvalue weighted by Crippen LogP contribution is -2.61. The predicted octanol–water partition coefficient (Wildman–Crippen LogP) is 1.96. The number of benzene rings is 1. The third kappa shape index (κ3) is 4.21. The van der Waals surface area contributed by atoms with Crippen molar-refractivity contribution in [3.8, 4) is 10.6 Å². The first-order valence-electron chi connectivity index (χ1n) is 9.52. The molecule has 0 saturated carbocycles. The quantitative estimate of drug-likeness (QED) is 0.870. The maximum atomic E-state index is 12.8. The van der Waals surface area contributed by atoms with Gasteiger partial charge in [0.05, 0.1) is 11.2 Å². The molecule has 0 aliphatic carbocycles. The monoisotopic (exact) mass is 386 g/mol. The number of nitrogens with zero attached hydrogens (tertiary/aromatic N) is 3. The number of carbonyl (C=O) groups is 1. The van der Waals surface area contributed by atoms with Crippen LogP contribution in [0.25, 0.3) is 10.6 Å². The summed E-state index contributed by atoms with van der Waals surface area (Å²) in [6.45, 7) is 5.16. The molecular formula is C20H26N4O2S. The standard InChI is InChI=1S/C20H26N4O2S/c21-20(6-12-26-13-7-20)19(25)24-10-8-23(9-11-24)14-17-15-27-18(22-17)16-4-2-1-3-5-16/h1-5,15H,6-14,21H2. The van der Waals surface area contributed by atoms with E-state index in [1.54, 1.807) is 11.3 Å². The molecule has 7 heteroatoms. The van der Waals surface area contributed by atoms with Crippen molar-refractivity contribution in [2.75, 3.05) is 39.4 Å². The highest BCUT2D eigenvalue weighted by Crippen LogP contribution is 2.25. The van der Waals surface area contributed by atoms with Gasteiger partial charge in [-0.3, -0.25) is 9.69 Å². The lowest BCUT2D eigenvalue weighted by Gasteiger charge is -2.40. The highest BCUT2D eigenvalue weighted by atomic mass is 32.1. The summed E-state index contributed by atoms with van der Waals surface area (Å²) >= 11 is 1.68. The minimum absolute atomic E-state index is 0.0884. The Labute approximate surface area is 163 Å².